The third-order valence-corrected chi connectivity index (χ3v) is 3.54. The third-order valence-electron chi connectivity index (χ3n) is 3.54. The van der Waals surface area contributed by atoms with Gasteiger partial charge >= 0.3 is 5.97 Å². The van der Waals surface area contributed by atoms with Gasteiger partial charge in [-0.1, -0.05) is 18.9 Å². The molecule has 1 aliphatic carbocycles. The zero-order chi connectivity index (χ0) is 13.7. The molecule has 0 radical (unpaired) electrons. The molecule has 0 amide bonds. The second kappa shape index (κ2) is 6.66. The molecule has 4 heteroatoms. The smallest absolute Gasteiger partial charge is 0.340 e. The Labute approximate surface area is 112 Å². The van der Waals surface area contributed by atoms with E-state index in [9.17, 15) is 9.18 Å². The highest BCUT2D eigenvalue weighted by molar-refractivity contribution is 5.89. The molecule has 1 fully saturated rings. The lowest BCUT2D eigenvalue weighted by Gasteiger charge is -2.10. The van der Waals surface area contributed by atoms with Crippen molar-refractivity contribution in [2.24, 2.45) is 5.92 Å². The number of ether oxygens (including phenoxy) is 2. The Morgan fingerprint density at radius 3 is 2.74 bits per heavy atom. The van der Waals surface area contributed by atoms with Crippen molar-refractivity contribution >= 4 is 5.97 Å². The van der Waals surface area contributed by atoms with E-state index >= 15 is 0 Å². The van der Waals surface area contributed by atoms with Gasteiger partial charge in [0.15, 0.2) is 0 Å². The molecule has 19 heavy (non-hydrogen) atoms. The Bertz CT molecular complexity index is 439. The zero-order valence-corrected chi connectivity index (χ0v) is 11.2. The molecule has 3 nitrogen and oxygen atoms in total. The lowest BCUT2D eigenvalue weighted by Crippen LogP contribution is -2.07. The van der Waals surface area contributed by atoms with E-state index in [0.717, 1.165) is 12.2 Å². The number of hydrogen-bond acceptors (Lipinski definition) is 3. The summed E-state index contributed by atoms with van der Waals surface area (Å²) in [5.74, 6) is -0.566. The van der Waals surface area contributed by atoms with Crippen molar-refractivity contribution in [1.29, 1.82) is 0 Å². The van der Waals surface area contributed by atoms with E-state index in [2.05, 4.69) is 4.74 Å². The summed E-state index contributed by atoms with van der Waals surface area (Å²) in [5.41, 5.74) is 0.699. The van der Waals surface area contributed by atoms with Crippen LogP contribution in [0.2, 0.25) is 0 Å². The third kappa shape index (κ3) is 3.77. The van der Waals surface area contributed by atoms with Crippen LogP contribution in [0.15, 0.2) is 18.2 Å². The number of halogens is 1. The molecule has 0 saturated heterocycles. The molecule has 0 atom stereocenters. The molecule has 0 aliphatic heterocycles. The first-order valence-electron chi connectivity index (χ1n) is 6.65. The summed E-state index contributed by atoms with van der Waals surface area (Å²) in [7, 11) is 1.24. The van der Waals surface area contributed by atoms with Crippen molar-refractivity contribution in [1.82, 2.24) is 0 Å². The van der Waals surface area contributed by atoms with E-state index in [1.54, 1.807) is 6.07 Å². The molecular weight excluding hydrogens is 247 g/mol. The summed E-state index contributed by atoms with van der Waals surface area (Å²) in [6.45, 7) is 1.12. The topological polar surface area (TPSA) is 35.5 Å². The Balaban J connectivity index is 1.87. The van der Waals surface area contributed by atoms with Gasteiger partial charge in [-0.15, -0.1) is 0 Å². The molecule has 0 heterocycles. The van der Waals surface area contributed by atoms with Gasteiger partial charge < -0.3 is 9.47 Å². The lowest BCUT2D eigenvalue weighted by atomic mass is 10.1. The number of hydrogen-bond donors (Lipinski definition) is 0. The molecule has 1 aromatic rings. The van der Waals surface area contributed by atoms with Crippen LogP contribution in [0, 0.1) is 11.7 Å². The fourth-order valence-electron chi connectivity index (χ4n) is 2.44. The highest BCUT2D eigenvalue weighted by Gasteiger charge is 2.15. The predicted octanol–water partition coefficient (Wildman–Crippen LogP) is 3.32. The monoisotopic (exact) mass is 266 g/mol. The van der Waals surface area contributed by atoms with E-state index < -0.39 is 11.8 Å². The summed E-state index contributed by atoms with van der Waals surface area (Å²) in [5, 5.41) is 0. The van der Waals surface area contributed by atoms with Gasteiger partial charge in [-0.25, -0.2) is 9.18 Å². The summed E-state index contributed by atoms with van der Waals surface area (Å²) >= 11 is 0. The highest BCUT2D eigenvalue weighted by atomic mass is 19.1. The number of benzene rings is 1. The maximum absolute atomic E-state index is 13.7. The largest absolute Gasteiger partial charge is 0.465 e. The molecule has 1 aliphatic rings. The van der Waals surface area contributed by atoms with Crippen LogP contribution in [-0.2, 0) is 16.1 Å². The van der Waals surface area contributed by atoms with Crippen molar-refractivity contribution in [3.63, 3.8) is 0 Å². The summed E-state index contributed by atoms with van der Waals surface area (Å²) in [6.07, 6.45) is 5.04. The van der Waals surface area contributed by atoms with Gasteiger partial charge in [0, 0.05) is 6.61 Å². The molecule has 104 valence electrons. The number of methoxy groups -OCH3 is 1. The van der Waals surface area contributed by atoms with Crippen LogP contribution in [0.4, 0.5) is 4.39 Å². The molecule has 0 aromatic heterocycles. The Kier molecular flexibility index (Phi) is 4.91. The number of esters is 1. The van der Waals surface area contributed by atoms with Crippen LogP contribution in [0.1, 0.15) is 41.6 Å². The Hall–Kier alpha value is -1.42. The van der Waals surface area contributed by atoms with Crippen LogP contribution in [0.3, 0.4) is 0 Å². The molecule has 1 saturated carbocycles. The van der Waals surface area contributed by atoms with Crippen LogP contribution in [-0.4, -0.2) is 19.7 Å². The fourth-order valence-corrected chi connectivity index (χ4v) is 2.44. The predicted molar refractivity (Wildman–Crippen MR) is 69.4 cm³/mol. The first kappa shape index (κ1) is 14.0. The molecular formula is C15H19FO3. The van der Waals surface area contributed by atoms with Crippen molar-refractivity contribution in [3.05, 3.63) is 35.1 Å². The summed E-state index contributed by atoms with van der Waals surface area (Å²) in [4.78, 5) is 11.2. The van der Waals surface area contributed by atoms with Crippen molar-refractivity contribution in [2.45, 2.75) is 32.3 Å². The number of rotatable bonds is 5. The summed E-state index contributed by atoms with van der Waals surface area (Å²) in [6, 6.07) is 4.47. The Morgan fingerprint density at radius 2 is 2.11 bits per heavy atom. The molecule has 0 spiro atoms. The first-order chi connectivity index (χ1) is 9.20. The minimum atomic E-state index is -0.657. The van der Waals surface area contributed by atoms with Gasteiger partial charge in [0.2, 0.25) is 0 Å². The van der Waals surface area contributed by atoms with E-state index in [0.29, 0.717) is 12.5 Å². The van der Waals surface area contributed by atoms with E-state index in [-0.39, 0.29) is 5.56 Å². The van der Waals surface area contributed by atoms with Crippen LogP contribution < -0.4 is 0 Å². The van der Waals surface area contributed by atoms with Gasteiger partial charge in [0.1, 0.15) is 5.82 Å². The second-order valence-electron chi connectivity index (χ2n) is 4.97. The van der Waals surface area contributed by atoms with Gasteiger partial charge in [0.25, 0.3) is 0 Å². The standard InChI is InChI=1S/C15H19FO3/c1-18-15(17)13-7-6-12(8-14(13)16)10-19-9-11-4-2-3-5-11/h6-8,11H,2-5,9-10H2,1H3. The fraction of sp³-hybridized carbons (Fsp3) is 0.533. The number of carbonyl (C=O) groups is 1. The maximum Gasteiger partial charge on any atom is 0.340 e. The summed E-state index contributed by atoms with van der Waals surface area (Å²) < 4.78 is 23.8. The SMILES string of the molecule is COC(=O)c1ccc(COCC2CCCC2)cc1F. The van der Waals surface area contributed by atoms with Gasteiger partial charge in [-0.05, 0) is 36.5 Å². The van der Waals surface area contributed by atoms with Gasteiger partial charge in [0.05, 0.1) is 19.3 Å². The van der Waals surface area contributed by atoms with E-state index in [1.807, 2.05) is 0 Å². The molecule has 0 bridgehead atoms. The van der Waals surface area contributed by atoms with Crippen molar-refractivity contribution < 1.29 is 18.7 Å². The quantitative estimate of drug-likeness (QED) is 0.767. The minimum absolute atomic E-state index is 0.0398. The number of carbonyl (C=O) groups excluding carboxylic acids is 1. The molecule has 2 rings (SSSR count). The molecule has 0 N–H and O–H groups in total. The van der Waals surface area contributed by atoms with Gasteiger partial charge in [-0.3, -0.25) is 0 Å². The zero-order valence-electron chi connectivity index (χ0n) is 11.2. The Morgan fingerprint density at radius 1 is 1.37 bits per heavy atom. The highest BCUT2D eigenvalue weighted by Crippen LogP contribution is 2.25. The van der Waals surface area contributed by atoms with Crippen LogP contribution in [0.5, 0.6) is 0 Å². The maximum atomic E-state index is 13.7. The van der Waals surface area contributed by atoms with Crippen molar-refractivity contribution in [3.8, 4) is 0 Å². The van der Waals surface area contributed by atoms with E-state index in [4.69, 9.17) is 4.74 Å². The molecule has 0 unspecified atom stereocenters. The van der Waals surface area contributed by atoms with Crippen molar-refractivity contribution in [2.75, 3.05) is 13.7 Å². The van der Waals surface area contributed by atoms with Gasteiger partial charge in [-0.2, -0.15) is 0 Å². The van der Waals surface area contributed by atoms with Crippen LogP contribution >= 0.6 is 0 Å². The van der Waals surface area contributed by atoms with Crippen LogP contribution in [0.25, 0.3) is 0 Å². The average Bonchev–Trinajstić information content (AvgIpc) is 2.91. The second-order valence-corrected chi connectivity index (χ2v) is 4.97. The minimum Gasteiger partial charge on any atom is -0.465 e. The average molecular weight is 266 g/mol. The normalized spacial score (nSPS) is 15.7. The molecule has 1 aromatic carbocycles. The lowest BCUT2D eigenvalue weighted by molar-refractivity contribution is 0.0595. The van der Waals surface area contributed by atoms with E-state index in [1.165, 1.54) is 44.9 Å². The first-order valence-corrected chi connectivity index (χ1v) is 6.65.